The first-order valence-electron chi connectivity index (χ1n) is 6.29. The van der Waals surface area contributed by atoms with Crippen molar-refractivity contribution in [3.8, 4) is 0 Å². The highest BCUT2D eigenvalue weighted by Crippen LogP contribution is 2.21. The molecule has 2 nitrogen and oxygen atoms in total. The highest BCUT2D eigenvalue weighted by Gasteiger charge is 2.14. The number of hydrogen-bond donors (Lipinski definition) is 1. The molecule has 1 atom stereocenters. The quantitative estimate of drug-likeness (QED) is 0.901. The van der Waals surface area contributed by atoms with E-state index < -0.39 is 0 Å². The number of rotatable bonds is 5. The van der Waals surface area contributed by atoms with Crippen molar-refractivity contribution in [2.75, 3.05) is 6.54 Å². The second kappa shape index (κ2) is 6.64. The zero-order chi connectivity index (χ0) is 13.7. The van der Waals surface area contributed by atoms with Crippen molar-refractivity contribution in [2.24, 2.45) is 0 Å². The highest BCUT2D eigenvalue weighted by atomic mass is 35.5. The number of likely N-dealkylation sites (N-methyl/N-ethyl adjacent to an activating group) is 1. The van der Waals surface area contributed by atoms with Gasteiger partial charge in [-0.1, -0.05) is 30.7 Å². The lowest BCUT2D eigenvalue weighted by atomic mass is 10.0. The molecule has 0 aliphatic heterocycles. The van der Waals surface area contributed by atoms with Crippen LogP contribution in [0.3, 0.4) is 0 Å². The zero-order valence-corrected chi connectivity index (χ0v) is 11.5. The second-order valence-electron chi connectivity index (χ2n) is 4.30. The summed E-state index contributed by atoms with van der Waals surface area (Å²) >= 11 is 5.76. The van der Waals surface area contributed by atoms with Gasteiger partial charge in [-0.3, -0.25) is 4.98 Å². The molecular weight excluding hydrogens is 263 g/mol. The predicted octanol–water partition coefficient (Wildman–Crippen LogP) is 3.77. The molecule has 4 heteroatoms. The van der Waals surface area contributed by atoms with Gasteiger partial charge < -0.3 is 5.32 Å². The van der Waals surface area contributed by atoms with Gasteiger partial charge in [-0.25, -0.2) is 4.39 Å². The maximum Gasteiger partial charge on any atom is 0.127 e. The largest absolute Gasteiger partial charge is 0.309 e. The molecule has 100 valence electrons. The Labute approximate surface area is 117 Å². The molecule has 0 saturated carbocycles. The van der Waals surface area contributed by atoms with Crippen LogP contribution in [0, 0.1) is 5.82 Å². The van der Waals surface area contributed by atoms with Crippen molar-refractivity contribution in [1.82, 2.24) is 10.3 Å². The molecule has 1 N–H and O–H groups in total. The smallest absolute Gasteiger partial charge is 0.127 e. The summed E-state index contributed by atoms with van der Waals surface area (Å²) in [6.45, 7) is 2.82. The average Bonchev–Trinajstić information content (AvgIpc) is 2.42. The van der Waals surface area contributed by atoms with Crippen LogP contribution in [0.2, 0.25) is 5.02 Å². The normalized spacial score (nSPS) is 12.4. The summed E-state index contributed by atoms with van der Waals surface area (Å²) < 4.78 is 13.8. The number of benzene rings is 1. The molecule has 1 aromatic heterocycles. The Balaban J connectivity index is 2.21. The Morgan fingerprint density at radius 2 is 2.16 bits per heavy atom. The Kier molecular flexibility index (Phi) is 4.88. The molecule has 1 aromatic carbocycles. The van der Waals surface area contributed by atoms with Crippen molar-refractivity contribution < 1.29 is 4.39 Å². The minimum Gasteiger partial charge on any atom is -0.309 e. The van der Waals surface area contributed by atoms with Crippen LogP contribution >= 0.6 is 11.6 Å². The lowest BCUT2D eigenvalue weighted by Gasteiger charge is -2.17. The number of nitrogens with zero attached hydrogens (tertiary/aromatic N) is 1. The Morgan fingerprint density at radius 3 is 2.79 bits per heavy atom. The molecule has 2 rings (SSSR count). The summed E-state index contributed by atoms with van der Waals surface area (Å²) in [7, 11) is 0. The van der Waals surface area contributed by atoms with Gasteiger partial charge >= 0.3 is 0 Å². The zero-order valence-electron chi connectivity index (χ0n) is 10.7. The molecule has 1 heterocycles. The monoisotopic (exact) mass is 278 g/mol. The van der Waals surface area contributed by atoms with E-state index >= 15 is 0 Å². The molecular formula is C15H16ClFN2. The molecule has 0 radical (unpaired) electrons. The molecule has 0 fully saturated rings. The van der Waals surface area contributed by atoms with Gasteiger partial charge in [-0.2, -0.15) is 0 Å². The van der Waals surface area contributed by atoms with Gasteiger partial charge in [-0.05, 0) is 42.8 Å². The van der Waals surface area contributed by atoms with Gasteiger partial charge in [0.1, 0.15) is 5.82 Å². The van der Waals surface area contributed by atoms with Crippen LogP contribution in [0.4, 0.5) is 4.39 Å². The van der Waals surface area contributed by atoms with E-state index in [2.05, 4.69) is 10.3 Å². The third-order valence-corrected chi connectivity index (χ3v) is 3.17. The van der Waals surface area contributed by atoms with E-state index in [1.54, 1.807) is 18.3 Å². The van der Waals surface area contributed by atoms with E-state index in [4.69, 9.17) is 11.6 Å². The van der Waals surface area contributed by atoms with Crippen molar-refractivity contribution in [2.45, 2.75) is 19.4 Å². The Hall–Kier alpha value is -1.45. The van der Waals surface area contributed by atoms with Crippen LogP contribution in [-0.2, 0) is 6.42 Å². The fourth-order valence-corrected chi connectivity index (χ4v) is 2.18. The lowest BCUT2D eigenvalue weighted by molar-refractivity contribution is 0.518. The molecule has 0 spiro atoms. The van der Waals surface area contributed by atoms with Gasteiger partial charge in [0.05, 0.1) is 11.7 Å². The topological polar surface area (TPSA) is 24.9 Å². The summed E-state index contributed by atoms with van der Waals surface area (Å²) in [5.74, 6) is -0.272. The number of hydrogen-bond acceptors (Lipinski definition) is 2. The predicted molar refractivity (Wildman–Crippen MR) is 75.8 cm³/mol. The van der Waals surface area contributed by atoms with E-state index in [-0.39, 0.29) is 11.9 Å². The summed E-state index contributed by atoms with van der Waals surface area (Å²) in [6.07, 6.45) is 2.30. The number of nitrogens with one attached hydrogen (secondary N) is 1. The first-order chi connectivity index (χ1) is 9.20. The van der Waals surface area contributed by atoms with Crippen LogP contribution in [0.25, 0.3) is 0 Å². The maximum absolute atomic E-state index is 13.8. The average molecular weight is 279 g/mol. The van der Waals surface area contributed by atoms with E-state index in [1.807, 2.05) is 25.1 Å². The summed E-state index contributed by atoms with van der Waals surface area (Å²) in [6, 6.07) is 10.5. The van der Waals surface area contributed by atoms with Crippen LogP contribution in [0.1, 0.15) is 24.2 Å². The van der Waals surface area contributed by atoms with Gasteiger partial charge in [0.2, 0.25) is 0 Å². The summed E-state index contributed by atoms with van der Waals surface area (Å²) in [4.78, 5) is 4.33. The first-order valence-corrected chi connectivity index (χ1v) is 6.66. The molecule has 0 aliphatic rings. The Morgan fingerprint density at radius 1 is 1.32 bits per heavy atom. The molecule has 0 aliphatic carbocycles. The maximum atomic E-state index is 13.8. The second-order valence-corrected chi connectivity index (χ2v) is 4.74. The standard InChI is InChI=1S/C15H16ClFN2/c1-2-18-15(14-5-3-4-8-19-14)9-11-6-7-12(16)10-13(11)17/h3-8,10,15,18H,2,9H2,1H3. The van der Waals surface area contributed by atoms with Gasteiger partial charge in [0, 0.05) is 11.2 Å². The molecule has 2 aromatic rings. The van der Waals surface area contributed by atoms with Crippen LogP contribution in [-0.4, -0.2) is 11.5 Å². The molecule has 0 saturated heterocycles. The van der Waals surface area contributed by atoms with Crippen LogP contribution in [0.15, 0.2) is 42.6 Å². The summed E-state index contributed by atoms with van der Waals surface area (Å²) in [5.41, 5.74) is 1.56. The fraction of sp³-hybridized carbons (Fsp3) is 0.267. The third-order valence-electron chi connectivity index (χ3n) is 2.93. The highest BCUT2D eigenvalue weighted by molar-refractivity contribution is 6.30. The molecule has 19 heavy (non-hydrogen) atoms. The number of halogens is 2. The van der Waals surface area contributed by atoms with Crippen molar-refractivity contribution >= 4 is 11.6 Å². The molecule has 0 amide bonds. The first kappa shape index (κ1) is 14.0. The lowest BCUT2D eigenvalue weighted by Crippen LogP contribution is -2.24. The Bertz CT molecular complexity index is 531. The molecule has 0 bridgehead atoms. The van der Waals surface area contributed by atoms with E-state index in [0.717, 1.165) is 12.2 Å². The van der Waals surface area contributed by atoms with Gasteiger partial charge in [0.25, 0.3) is 0 Å². The summed E-state index contributed by atoms with van der Waals surface area (Å²) in [5, 5.41) is 3.74. The number of pyridine rings is 1. The minimum atomic E-state index is -0.272. The van der Waals surface area contributed by atoms with Crippen molar-refractivity contribution in [3.05, 3.63) is 64.7 Å². The SMILES string of the molecule is CCNC(Cc1ccc(Cl)cc1F)c1ccccn1. The van der Waals surface area contributed by atoms with Crippen molar-refractivity contribution in [3.63, 3.8) is 0 Å². The van der Waals surface area contributed by atoms with E-state index in [0.29, 0.717) is 17.0 Å². The van der Waals surface area contributed by atoms with E-state index in [9.17, 15) is 4.39 Å². The third kappa shape index (κ3) is 3.75. The molecule has 1 unspecified atom stereocenters. The van der Waals surface area contributed by atoms with E-state index in [1.165, 1.54) is 6.07 Å². The van der Waals surface area contributed by atoms with Crippen LogP contribution in [0.5, 0.6) is 0 Å². The van der Waals surface area contributed by atoms with Crippen molar-refractivity contribution in [1.29, 1.82) is 0 Å². The van der Waals surface area contributed by atoms with Gasteiger partial charge in [-0.15, -0.1) is 0 Å². The minimum absolute atomic E-state index is 0.00174. The van der Waals surface area contributed by atoms with Gasteiger partial charge in [0.15, 0.2) is 0 Å². The number of aromatic nitrogens is 1. The van der Waals surface area contributed by atoms with Crippen LogP contribution < -0.4 is 5.32 Å². The fourth-order valence-electron chi connectivity index (χ4n) is 2.02.